The lowest BCUT2D eigenvalue weighted by atomic mass is 10.1. The second-order valence-electron chi connectivity index (χ2n) is 5.33. The molecule has 0 bridgehead atoms. The van der Waals surface area contributed by atoms with Gasteiger partial charge in [0, 0.05) is 31.2 Å². The Labute approximate surface area is 116 Å². The number of anilines is 1. The largest absolute Gasteiger partial charge is 0.368 e. The van der Waals surface area contributed by atoms with Gasteiger partial charge in [-0.1, -0.05) is 25.1 Å². The highest BCUT2D eigenvalue weighted by Gasteiger charge is 2.24. The van der Waals surface area contributed by atoms with E-state index < -0.39 is 0 Å². The minimum Gasteiger partial charge on any atom is -0.368 e. The van der Waals surface area contributed by atoms with Crippen molar-refractivity contribution in [3.8, 4) is 0 Å². The second-order valence-corrected chi connectivity index (χ2v) is 5.33. The van der Waals surface area contributed by atoms with Crippen molar-refractivity contribution < 1.29 is 4.79 Å². The molecular formula is C16H24N2O. The number of nitrogens with zero attached hydrogens (tertiary/aromatic N) is 1. The summed E-state index contributed by atoms with van der Waals surface area (Å²) in [6.45, 7) is 6.10. The normalized spacial score (nSPS) is 17.4. The molecule has 1 aliphatic heterocycles. The maximum absolute atomic E-state index is 11.4. The van der Waals surface area contributed by atoms with Crippen LogP contribution in [-0.4, -0.2) is 25.0 Å². The van der Waals surface area contributed by atoms with Crippen molar-refractivity contribution in [3.05, 3.63) is 29.8 Å². The molecule has 1 aromatic rings. The molecule has 1 amide bonds. The van der Waals surface area contributed by atoms with Gasteiger partial charge >= 0.3 is 0 Å². The van der Waals surface area contributed by atoms with Gasteiger partial charge in [0.25, 0.3) is 0 Å². The van der Waals surface area contributed by atoms with Crippen molar-refractivity contribution in [1.29, 1.82) is 0 Å². The zero-order valence-corrected chi connectivity index (χ0v) is 12.0. The topological polar surface area (TPSA) is 32.3 Å². The third kappa shape index (κ3) is 3.49. The number of hydrogen-bond acceptors (Lipinski definition) is 2. The van der Waals surface area contributed by atoms with Gasteiger partial charge in [0.2, 0.25) is 5.91 Å². The Kier molecular flexibility index (Phi) is 4.83. The van der Waals surface area contributed by atoms with Crippen LogP contribution in [0.15, 0.2) is 24.3 Å². The van der Waals surface area contributed by atoms with Crippen LogP contribution in [0.5, 0.6) is 0 Å². The van der Waals surface area contributed by atoms with Gasteiger partial charge in [-0.15, -0.1) is 0 Å². The first-order valence-electron chi connectivity index (χ1n) is 7.33. The van der Waals surface area contributed by atoms with Gasteiger partial charge in [-0.2, -0.15) is 0 Å². The number of rotatable bonds is 6. The molecule has 104 valence electrons. The first-order chi connectivity index (χ1) is 9.22. The number of hydrogen-bond donors (Lipinski definition) is 1. The lowest BCUT2D eigenvalue weighted by Gasteiger charge is -2.24. The fourth-order valence-electron chi connectivity index (χ4n) is 2.76. The van der Waals surface area contributed by atoms with E-state index in [0.717, 1.165) is 32.4 Å². The van der Waals surface area contributed by atoms with Gasteiger partial charge in [-0.05, 0) is 37.8 Å². The number of amides is 1. The fourth-order valence-corrected chi connectivity index (χ4v) is 2.76. The van der Waals surface area contributed by atoms with Crippen LogP contribution in [-0.2, 0) is 11.2 Å². The Morgan fingerprint density at radius 1 is 1.42 bits per heavy atom. The summed E-state index contributed by atoms with van der Waals surface area (Å²) in [5.74, 6) is 0.178. The van der Waals surface area contributed by atoms with Crippen molar-refractivity contribution in [2.75, 3.05) is 18.0 Å². The number of carbonyl (C=O) groups is 1. The summed E-state index contributed by atoms with van der Waals surface area (Å²) >= 11 is 0. The summed E-state index contributed by atoms with van der Waals surface area (Å²) in [5, 5.41) is 2.98. The highest BCUT2D eigenvalue weighted by Crippen LogP contribution is 2.31. The first kappa shape index (κ1) is 13.9. The molecule has 0 spiro atoms. The molecule has 1 atom stereocenters. The van der Waals surface area contributed by atoms with E-state index in [-0.39, 0.29) is 5.91 Å². The van der Waals surface area contributed by atoms with E-state index in [0.29, 0.717) is 12.5 Å². The van der Waals surface area contributed by atoms with Crippen molar-refractivity contribution in [1.82, 2.24) is 5.32 Å². The molecule has 1 heterocycles. The summed E-state index contributed by atoms with van der Waals surface area (Å²) < 4.78 is 0. The highest BCUT2D eigenvalue weighted by atomic mass is 16.1. The van der Waals surface area contributed by atoms with Gasteiger partial charge < -0.3 is 10.2 Å². The first-order valence-corrected chi connectivity index (χ1v) is 7.33. The molecule has 1 aromatic carbocycles. The number of fused-ring (bicyclic) bond motifs is 1. The third-order valence-corrected chi connectivity index (χ3v) is 3.72. The maximum atomic E-state index is 11.4. The van der Waals surface area contributed by atoms with E-state index in [1.165, 1.54) is 11.3 Å². The van der Waals surface area contributed by atoms with Gasteiger partial charge in [0.15, 0.2) is 0 Å². The zero-order valence-electron chi connectivity index (χ0n) is 12.0. The Hall–Kier alpha value is -1.51. The van der Waals surface area contributed by atoms with Crippen LogP contribution < -0.4 is 10.2 Å². The average molecular weight is 260 g/mol. The third-order valence-electron chi connectivity index (χ3n) is 3.72. The van der Waals surface area contributed by atoms with E-state index in [9.17, 15) is 4.79 Å². The fraction of sp³-hybridized carbons (Fsp3) is 0.562. The highest BCUT2D eigenvalue weighted by molar-refractivity contribution is 5.75. The van der Waals surface area contributed by atoms with Crippen molar-refractivity contribution >= 4 is 11.6 Å². The standard InChI is InChI=1S/C16H24N2O/c1-3-7-16(19)17-10-6-11-18-13(2)12-14-8-4-5-9-15(14)18/h4-5,8-9,13H,3,6-7,10-12H2,1-2H3,(H,17,19)/t13-/m0/s1. The molecule has 3 heteroatoms. The van der Waals surface area contributed by atoms with Crippen LogP contribution in [0.25, 0.3) is 0 Å². The predicted octanol–water partition coefficient (Wildman–Crippen LogP) is 2.74. The van der Waals surface area contributed by atoms with Gasteiger partial charge in [0.05, 0.1) is 0 Å². The van der Waals surface area contributed by atoms with Crippen LogP contribution in [0.3, 0.4) is 0 Å². The van der Waals surface area contributed by atoms with Gasteiger partial charge in [0.1, 0.15) is 0 Å². The molecule has 0 aliphatic carbocycles. The Morgan fingerprint density at radius 3 is 3.00 bits per heavy atom. The molecule has 1 aliphatic rings. The molecule has 1 N–H and O–H groups in total. The minimum absolute atomic E-state index is 0.178. The van der Waals surface area contributed by atoms with Crippen LogP contribution in [0, 0.1) is 0 Å². The SMILES string of the molecule is CCCC(=O)NCCCN1c2ccccc2C[C@@H]1C. The quantitative estimate of drug-likeness (QED) is 0.798. The zero-order chi connectivity index (χ0) is 13.7. The molecule has 0 fully saturated rings. The van der Waals surface area contributed by atoms with Crippen LogP contribution >= 0.6 is 0 Å². The predicted molar refractivity (Wildman–Crippen MR) is 79.5 cm³/mol. The van der Waals surface area contributed by atoms with E-state index in [2.05, 4.69) is 41.4 Å². The summed E-state index contributed by atoms with van der Waals surface area (Å²) in [6, 6.07) is 9.21. The van der Waals surface area contributed by atoms with Gasteiger partial charge in [-0.25, -0.2) is 0 Å². The summed E-state index contributed by atoms with van der Waals surface area (Å²) in [5.41, 5.74) is 2.82. The Bertz CT molecular complexity index is 431. The molecule has 0 aromatic heterocycles. The van der Waals surface area contributed by atoms with E-state index in [1.54, 1.807) is 0 Å². The molecule has 0 saturated carbocycles. The summed E-state index contributed by atoms with van der Waals surface area (Å²) in [6.07, 6.45) is 3.71. The second kappa shape index (κ2) is 6.60. The lowest BCUT2D eigenvalue weighted by Crippen LogP contribution is -2.33. The van der Waals surface area contributed by atoms with Crippen LogP contribution in [0.1, 0.15) is 38.7 Å². The van der Waals surface area contributed by atoms with E-state index in [1.807, 2.05) is 6.92 Å². The van der Waals surface area contributed by atoms with Crippen molar-refractivity contribution in [2.45, 2.75) is 45.6 Å². The summed E-state index contributed by atoms with van der Waals surface area (Å²) in [7, 11) is 0. The molecule has 0 saturated heterocycles. The van der Waals surface area contributed by atoms with Crippen LogP contribution in [0.2, 0.25) is 0 Å². The number of para-hydroxylation sites is 1. The molecule has 2 rings (SSSR count). The van der Waals surface area contributed by atoms with Gasteiger partial charge in [-0.3, -0.25) is 4.79 Å². The number of nitrogens with one attached hydrogen (secondary N) is 1. The van der Waals surface area contributed by atoms with E-state index in [4.69, 9.17) is 0 Å². The Balaban J connectivity index is 1.79. The van der Waals surface area contributed by atoms with Crippen molar-refractivity contribution in [2.24, 2.45) is 0 Å². The number of benzene rings is 1. The monoisotopic (exact) mass is 260 g/mol. The Morgan fingerprint density at radius 2 is 2.21 bits per heavy atom. The van der Waals surface area contributed by atoms with E-state index >= 15 is 0 Å². The molecule has 0 radical (unpaired) electrons. The maximum Gasteiger partial charge on any atom is 0.219 e. The molecule has 19 heavy (non-hydrogen) atoms. The van der Waals surface area contributed by atoms with Crippen LogP contribution in [0.4, 0.5) is 5.69 Å². The molecule has 3 nitrogen and oxygen atoms in total. The lowest BCUT2D eigenvalue weighted by molar-refractivity contribution is -0.121. The average Bonchev–Trinajstić information content (AvgIpc) is 2.71. The molecular weight excluding hydrogens is 236 g/mol. The number of carbonyl (C=O) groups excluding carboxylic acids is 1. The summed E-state index contributed by atoms with van der Waals surface area (Å²) in [4.78, 5) is 13.8. The molecule has 0 unspecified atom stereocenters. The smallest absolute Gasteiger partial charge is 0.219 e. The van der Waals surface area contributed by atoms with Crippen molar-refractivity contribution in [3.63, 3.8) is 0 Å². The minimum atomic E-state index is 0.178.